The number of esters is 1. The summed E-state index contributed by atoms with van der Waals surface area (Å²) < 4.78 is 11.1. The van der Waals surface area contributed by atoms with E-state index in [0.29, 0.717) is 22.6 Å². The SMILES string of the molecule is CC(OC(=O)C1c2ccccc2Oc2ccccc21)C(=O)NC(N)=O. The van der Waals surface area contributed by atoms with Crippen molar-refractivity contribution in [2.24, 2.45) is 5.73 Å². The van der Waals surface area contributed by atoms with Crippen LogP contribution in [0.3, 0.4) is 0 Å². The third-order valence-electron chi connectivity index (χ3n) is 3.82. The van der Waals surface area contributed by atoms with E-state index in [0.717, 1.165) is 0 Å². The zero-order chi connectivity index (χ0) is 18.0. The Hall–Kier alpha value is -3.35. The Bertz CT molecular complexity index is 803. The first kappa shape index (κ1) is 16.5. The highest BCUT2D eigenvalue weighted by Crippen LogP contribution is 2.44. The molecule has 2 aromatic carbocycles. The minimum Gasteiger partial charge on any atom is -0.457 e. The lowest BCUT2D eigenvalue weighted by molar-refractivity contribution is -0.155. The number of hydrogen-bond acceptors (Lipinski definition) is 5. The van der Waals surface area contributed by atoms with Crippen molar-refractivity contribution in [3.8, 4) is 11.5 Å². The summed E-state index contributed by atoms with van der Waals surface area (Å²) in [6, 6.07) is 13.2. The van der Waals surface area contributed by atoms with E-state index >= 15 is 0 Å². The quantitative estimate of drug-likeness (QED) is 0.832. The van der Waals surface area contributed by atoms with Gasteiger partial charge in [-0.25, -0.2) is 4.79 Å². The first-order valence-corrected chi connectivity index (χ1v) is 7.64. The number of imide groups is 1. The number of primary amides is 1. The molecule has 0 saturated carbocycles. The lowest BCUT2D eigenvalue weighted by Crippen LogP contribution is -2.42. The number of nitrogens with two attached hydrogens (primary N) is 1. The van der Waals surface area contributed by atoms with Crippen LogP contribution in [-0.2, 0) is 14.3 Å². The smallest absolute Gasteiger partial charge is 0.318 e. The minimum atomic E-state index is -1.16. The van der Waals surface area contributed by atoms with Crippen LogP contribution in [0.5, 0.6) is 11.5 Å². The Labute approximate surface area is 143 Å². The van der Waals surface area contributed by atoms with E-state index in [-0.39, 0.29) is 0 Å². The first-order valence-electron chi connectivity index (χ1n) is 7.64. The number of para-hydroxylation sites is 2. The van der Waals surface area contributed by atoms with Gasteiger partial charge < -0.3 is 15.2 Å². The summed E-state index contributed by atoms with van der Waals surface area (Å²) in [5.41, 5.74) is 6.20. The maximum atomic E-state index is 12.8. The monoisotopic (exact) mass is 340 g/mol. The molecule has 3 amide bonds. The van der Waals surface area contributed by atoms with Gasteiger partial charge in [-0.05, 0) is 19.1 Å². The lowest BCUT2D eigenvalue weighted by atomic mass is 9.88. The van der Waals surface area contributed by atoms with E-state index in [9.17, 15) is 14.4 Å². The Morgan fingerprint density at radius 1 is 1.04 bits per heavy atom. The van der Waals surface area contributed by atoms with Gasteiger partial charge in [0, 0.05) is 11.1 Å². The fourth-order valence-corrected chi connectivity index (χ4v) is 2.68. The average molecular weight is 340 g/mol. The Balaban J connectivity index is 1.90. The van der Waals surface area contributed by atoms with Crippen LogP contribution in [0.4, 0.5) is 4.79 Å². The maximum Gasteiger partial charge on any atom is 0.318 e. The third-order valence-corrected chi connectivity index (χ3v) is 3.82. The molecule has 1 aliphatic rings. The highest BCUT2D eigenvalue weighted by atomic mass is 16.5. The second-order valence-corrected chi connectivity index (χ2v) is 5.54. The van der Waals surface area contributed by atoms with Crippen molar-refractivity contribution in [1.29, 1.82) is 0 Å². The second kappa shape index (κ2) is 6.64. The van der Waals surface area contributed by atoms with Gasteiger partial charge in [0.1, 0.15) is 17.4 Å². The van der Waals surface area contributed by atoms with Crippen molar-refractivity contribution in [2.75, 3.05) is 0 Å². The molecule has 1 heterocycles. The van der Waals surface area contributed by atoms with Crippen LogP contribution in [0.25, 0.3) is 0 Å². The summed E-state index contributed by atoms with van der Waals surface area (Å²) in [7, 11) is 0. The van der Waals surface area contributed by atoms with Gasteiger partial charge in [0.25, 0.3) is 5.91 Å². The fourth-order valence-electron chi connectivity index (χ4n) is 2.68. The van der Waals surface area contributed by atoms with Crippen molar-refractivity contribution >= 4 is 17.9 Å². The van der Waals surface area contributed by atoms with Crippen molar-refractivity contribution in [1.82, 2.24) is 5.32 Å². The number of hydrogen-bond donors (Lipinski definition) is 2. The summed E-state index contributed by atoms with van der Waals surface area (Å²) in [6.07, 6.45) is -1.16. The van der Waals surface area contributed by atoms with Gasteiger partial charge in [0.2, 0.25) is 0 Å². The number of amides is 3. The largest absolute Gasteiger partial charge is 0.457 e. The van der Waals surface area contributed by atoms with Crippen LogP contribution < -0.4 is 15.8 Å². The molecule has 0 saturated heterocycles. The van der Waals surface area contributed by atoms with Crippen LogP contribution in [-0.4, -0.2) is 24.0 Å². The molecule has 0 bridgehead atoms. The van der Waals surface area contributed by atoms with Crippen molar-refractivity contribution < 1.29 is 23.9 Å². The molecule has 0 fully saturated rings. The fraction of sp³-hybridized carbons (Fsp3) is 0.167. The molecule has 128 valence electrons. The standard InChI is InChI=1S/C18H16N2O5/c1-10(16(21)20-18(19)23)24-17(22)15-11-6-2-4-8-13(11)25-14-9-5-3-7-12(14)15/h2-10,15H,1H3,(H3,19,20,21,23). The summed E-state index contributed by atoms with van der Waals surface area (Å²) in [4.78, 5) is 35.3. The molecule has 0 aliphatic carbocycles. The number of benzene rings is 2. The highest BCUT2D eigenvalue weighted by Gasteiger charge is 2.35. The van der Waals surface area contributed by atoms with Crippen molar-refractivity contribution in [3.05, 3.63) is 59.7 Å². The summed E-state index contributed by atoms with van der Waals surface area (Å²) >= 11 is 0. The molecule has 25 heavy (non-hydrogen) atoms. The van der Waals surface area contributed by atoms with Gasteiger partial charge >= 0.3 is 12.0 Å². The summed E-state index contributed by atoms with van der Waals surface area (Å²) in [6.45, 7) is 1.37. The van der Waals surface area contributed by atoms with E-state index in [2.05, 4.69) is 0 Å². The number of urea groups is 1. The van der Waals surface area contributed by atoms with E-state index in [1.165, 1.54) is 6.92 Å². The predicted molar refractivity (Wildman–Crippen MR) is 88.1 cm³/mol. The van der Waals surface area contributed by atoms with E-state index in [4.69, 9.17) is 15.2 Å². The predicted octanol–water partition coefficient (Wildman–Crippen LogP) is 2.05. The minimum absolute atomic E-state index is 0.553. The molecule has 1 unspecified atom stereocenters. The molecule has 2 aromatic rings. The van der Waals surface area contributed by atoms with Crippen LogP contribution in [0.15, 0.2) is 48.5 Å². The maximum absolute atomic E-state index is 12.8. The number of nitrogens with one attached hydrogen (secondary N) is 1. The van der Waals surface area contributed by atoms with Gasteiger partial charge in [-0.15, -0.1) is 0 Å². The zero-order valence-electron chi connectivity index (χ0n) is 13.4. The molecule has 1 aliphatic heterocycles. The Morgan fingerprint density at radius 3 is 2.08 bits per heavy atom. The van der Waals surface area contributed by atoms with Gasteiger partial charge in [0.05, 0.1) is 0 Å². The van der Waals surface area contributed by atoms with Crippen molar-refractivity contribution in [2.45, 2.75) is 18.9 Å². The normalized spacial score (nSPS) is 13.6. The van der Waals surface area contributed by atoms with Gasteiger partial charge in [-0.2, -0.15) is 0 Å². The van der Waals surface area contributed by atoms with Crippen LogP contribution in [0.1, 0.15) is 24.0 Å². The molecule has 7 nitrogen and oxygen atoms in total. The molecule has 0 spiro atoms. The van der Waals surface area contributed by atoms with Crippen molar-refractivity contribution in [3.63, 3.8) is 0 Å². The molecular weight excluding hydrogens is 324 g/mol. The molecular formula is C18H16N2O5. The van der Waals surface area contributed by atoms with E-state index in [1.807, 2.05) is 5.32 Å². The topological polar surface area (TPSA) is 108 Å². The number of rotatable bonds is 3. The second-order valence-electron chi connectivity index (χ2n) is 5.54. The van der Waals surface area contributed by atoms with Gasteiger partial charge in [-0.1, -0.05) is 36.4 Å². The third kappa shape index (κ3) is 3.30. The van der Waals surface area contributed by atoms with E-state index in [1.54, 1.807) is 48.5 Å². The molecule has 3 N–H and O–H groups in total. The zero-order valence-corrected chi connectivity index (χ0v) is 13.4. The Kier molecular flexibility index (Phi) is 4.38. The van der Waals surface area contributed by atoms with Crippen LogP contribution in [0.2, 0.25) is 0 Å². The van der Waals surface area contributed by atoms with Crippen LogP contribution >= 0.6 is 0 Å². The lowest BCUT2D eigenvalue weighted by Gasteiger charge is -2.27. The average Bonchev–Trinajstić information content (AvgIpc) is 2.58. The number of carbonyl (C=O) groups is 3. The summed E-state index contributed by atoms with van der Waals surface area (Å²) in [5.74, 6) is -1.02. The summed E-state index contributed by atoms with van der Waals surface area (Å²) in [5, 5.41) is 1.89. The molecule has 0 aromatic heterocycles. The number of fused-ring (bicyclic) bond motifs is 2. The molecule has 0 radical (unpaired) electrons. The molecule has 3 rings (SSSR count). The number of ether oxygens (including phenoxy) is 2. The van der Waals surface area contributed by atoms with E-state index < -0.39 is 29.9 Å². The van der Waals surface area contributed by atoms with Gasteiger partial charge in [0.15, 0.2) is 6.10 Å². The molecule has 1 atom stereocenters. The first-order chi connectivity index (χ1) is 12.0. The molecule has 7 heteroatoms. The van der Waals surface area contributed by atoms with Crippen LogP contribution in [0, 0.1) is 0 Å². The highest BCUT2D eigenvalue weighted by molar-refractivity contribution is 5.97. The number of carbonyl (C=O) groups excluding carboxylic acids is 3. The Morgan fingerprint density at radius 2 is 1.56 bits per heavy atom. The van der Waals surface area contributed by atoms with Gasteiger partial charge in [-0.3, -0.25) is 14.9 Å².